The van der Waals surface area contributed by atoms with Crippen LogP contribution in [0.1, 0.15) is 32.6 Å². The van der Waals surface area contributed by atoms with E-state index in [2.05, 4.69) is 10.1 Å². The predicted molar refractivity (Wildman–Crippen MR) is 73.5 cm³/mol. The molecule has 0 aromatic rings. The highest BCUT2D eigenvalue weighted by Gasteiger charge is 2.26. The third kappa shape index (κ3) is 8.64. The Kier molecular flexibility index (Phi) is 8.38. The van der Waals surface area contributed by atoms with E-state index >= 15 is 0 Å². The molecule has 22 heavy (non-hydrogen) atoms. The molecule has 0 heterocycles. The lowest BCUT2D eigenvalue weighted by Gasteiger charge is -2.16. The lowest BCUT2D eigenvalue weighted by molar-refractivity contribution is -0.163. The van der Waals surface area contributed by atoms with Crippen molar-refractivity contribution in [2.45, 2.75) is 44.7 Å². The molecule has 0 radical (unpaired) electrons. The first kappa shape index (κ1) is 19.5. The van der Waals surface area contributed by atoms with Crippen molar-refractivity contribution >= 4 is 29.7 Å². The van der Waals surface area contributed by atoms with Gasteiger partial charge in [0.2, 0.25) is 17.7 Å². The maximum atomic E-state index is 11.8. The summed E-state index contributed by atoms with van der Waals surface area (Å²) in [6.45, 7) is 1.16. The minimum absolute atomic E-state index is 0.0759. The zero-order valence-corrected chi connectivity index (χ0v) is 12.2. The predicted octanol–water partition coefficient (Wildman–Crippen LogP) is -2.58. The highest BCUT2D eigenvalue weighted by Crippen LogP contribution is 2.03. The molecule has 0 aromatic heterocycles. The van der Waals surface area contributed by atoms with Crippen molar-refractivity contribution in [1.82, 2.24) is 5.32 Å². The maximum Gasteiger partial charge on any atom is 0.336 e. The normalized spacial score (nSPS) is 12.8. The number of rotatable bonds is 9. The van der Waals surface area contributed by atoms with E-state index < -0.39 is 41.7 Å². The summed E-state index contributed by atoms with van der Waals surface area (Å²) in [7, 11) is 0. The lowest BCUT2D eigenvalue weighted by Crippen LogP contribution is -2.44. The Morgan fingerprint density at radius 3 is 1.91 bits per heavy atom. The van der Waals surface area contributed by atoms with Crippen LogP contribution < -0.4 is 22.5 Å². The van der Waals surface area contributed by atoms with Crippen LogP contribution in [-0.2, 0) is 28.7 Å². The molecule has 0 bridgehead atoms. The van der Waals surface area contributed by atoms with Crippen molar-refractivity contribution in [3.8, 4) is 0 Å². The third-order valence-corrected chi connectivity index (χ3v) is 2.55. The molecule has 0 spiro atoms. The maximum absolute atomic E-state index is 11.8. The quantitative estimate of drug-likeness (QED) is 0.265. The number of hydrogen-bond donors (Lipinski definition) is 4. The summed E-state index contributed by atoms with van der Waals surface area (Å²) in [4.78, 5) is 55.7. The first-order valence-corrected chi connectivity index (χ1v) is 6.48. The van der Waals surface area contributed by atoms with Crippen molar-refractivity contribution in [2.24, 2.45) is 17.2 Å². The molecule has 10 nitrogen and oxygen atoms in total. The van der Waals surface area contributed by atoms with Gasteiger partial charge in [-0.05, 0) is 12.8 Å². The molecule has 0 aliphatic heterocycles. The molecule has 10 heteroatoms. The van der Waals surface area contributed by atoms with Gasteiger partial charge in [0.05, 0.1) is 0 Å². The van der Waals surface area contributed by atoms with Crippen LogP contribution in [0.4, 0.5) is 0 Å². The molecular formula is C12H20N4O6. The number of amides is 3. The Labute approximate surface area is 126 Å². The zero-order chi connectivity index (χ0) is 17.3. The van der Waals surface area contributed by atoms with Crippen LogP contribution in [0.2, 0.25) is 0 Å². The van der Waals surface area contributed by atoms with Crippen LogP contribution in [-0.4, -0.2) is 41.7 Å². The van der Waals surface area contributed by atoms with Gasteiger partial charge in [-0.3, -0.25) is 14.4 Å². The number of carbonyl (C=O) groups excluding carboxylic acids is 5. The highest BCUT2D eigenvalue weighted by molar-refractivity contribution is 5.93. The fourth-order valence-corrected chi connectivity index (χ4v) is 1.44. The Balaban J connectivity index is 4.58. The summed E-state index contributed by atoms with van der Waals surface area (Å²) in [5.41, 5.74) is 15.3. The topological polar surface area (TPSA) is 185 Å². The van der Waals surface area contributed by atoms with E-state index in [1.807, 2.05) is 0 Å². The first-order valence-electron chi connectivity index (χ1n) is 6.48. The molecule has 3 amide bonds. The van der Waals surface area contributed by atoms with Gasteiger partial charge < -0.3 is 27.3 Å². The standard InChI is InChI=1S/C12H20N4O6/c1-6(17)16-8(3-5-10(15)19)12(21)22-11(20)7(13)2-4-9(14)18/h7-8H,2-5,13H2,1H3,(H2,14,18)(H2,15,19)(H,16,17)/t7-,8-/m0/s1. The molecule has 0 fully saturated rings. The van der Waals surface area contributed by atoms with Crippen molar-refractivity contribution < 1.29 is 28.7 Å². The molecule has 124 valence electrons. The Hall–Kier alpha value is -2.49. The summed E-state index contributed by atoms with van der Waals surface area (Å²) in [5.74, 6) is -3.98. The van der Waals surface area contributed by atoms with Crippen LogP contribution in [0, 0.1) is 0 Å². The average Bonchev–Trinajstić information content (AvgIpc) is 2.39. The number of nitrogens with one attached hydrogen (secondary N) is 1. The first-order chi connectivity index (χ1) is 10.1. The van der Waals surface area contributed by atoms with Gasteiger partial charge in [-0.1, -0.05) is 0 Å². The van der Waals surface area contributed by atoms with E-state index in [-0.39, 0.29) is 25.7 Å². The monoisotopic (exact) mass is 316 g/mol. The number of esters is 2. The average molecular weight is 316 g/mol. The largest absolute Gasteiger partial charge is 0.390 e. The lowest BCUT2D eigenvalue weighted by atomic mass is 10.1. The van der Waals surface area contributed by atoms with E-state index in [0.29, 0.717) is 0 Å². The van der Waals surface area contributed by atoms with Crippen LogP contribution in [0.3, 0.4) is 0 Å². The number of carbonyl (C=O) groups is 5. The molecular weight excluding hydrogens is 296 g/mol. The zero-order valence-electron chi connectivity index (χ0n) is 12.2. The van der Waals surface area contributed by atoms with E-state index in [4.69, 9.17) is 17.2 Å². The Bertz CT molecular complexity index is 465. The molecule has 0 unspecified atom stereocenters. The Morgan fingerprint density at radius 1 is 0.955 bits per heavy atom. The van der Waals surface area contributed by atoms with Crippen molar-refractivity contribution in [3.05, 3.63) is 0 Å². The number of ether oxygens (including phenoxy) is 1. The molecule has 0 saturated heterocycles. The molecule has 0 aliphatic rings. The van der Waals surface area contributed by atoms with Gasteiger partial charge in [-0.15, -0.1) is 0 Å². The van der Waals surface area contributed by atoms with Crippen LogP contribution >= 0.6 is 0 Å². The number of primary amides is 2. The number of nitrogens with two attached hydrogens (primary N) is 3. The van der Waals surface area contributed by atoms with Gasteiger partial charge in [0.1, 0.15) is 12.1 Å². The van der Waals surface area contributed by atoms with Crippen LogP contribution in [0.5, 0.6) is 0 Å². The van der Waals surface area contributed by atoms with Gasteiger partial charge in [0.25, 0.3) is 0 Å². The second-order valence-electron chi connectivity index (χ2n) is 4.61. The van der Waals surface area contributed by atoms with Crippen molar-refractivity contribution in [1.29, 1.82) is 0 Å². The van der Waals surface area contributed by atoms with Gasteiger partial charge in [0.15, 0.2) is 0 Å². The summed E-state index contributed by atoms with van der Waals surface area (Å²) >= 11 is 0. The van der Waals surface area contributed by atoms with Crippen molar-refractivity contribution in [2.75, 3.05) is 0 Å². The van der Waals surface area contributed by atoms with E-state index in [0.717, 1.165) is 6.92 Å². The van der Waals surface area contributed by atoms with Gasteiger partial charge in [-0.2, -0.15) is 0 Å². The van der Waals surface area contributed by atoms with Gasteiger partial charge in [-0.25, -0.2) is 9.59 Å². The van der Waals surface area contributed by atoms with E-state index in [1.54, 1.807) is 0 Å². The second-order valence-corrected chi connectivity index (χ2v) is 4.61. The summed E-state index contributed by atoms with van der Waals surface area (Å²) < 4.78 is 4.52. The third-order valence-electron chi connectivity index (χ3n) is 2.55. The molecule has 0 aromatic carbocycles. The Morgan fingerprint density at radius 2 is 1.45 bits per heavy atom. The molecule has 0 aliphatic carbocycles. The minimum Gasteiger partial charge on any atom is -0.390 e. The second kappa shape index (κ2) is 9.45. The minimum atomic E-state index is -1.20. The van der Waals surface area contributed by atoms with E-state index in [1.165, 1.54) is 0 Å². The smallest absolute Gasteiger partial charge is 0.336 e. The molecule has 2 atom stereocenters. The highest BCUT2D eigenvalue weighted by atomic mass is 16.6. The van der Waals surface area contributed by atoms with E-state index in [9.17, 15) is 24.0 Å². The summed E-state index contributed by atoms with van der Waals surface area (Å²) in [6.07, 6.45) is -0.506. The van der Waals surface area contributed by atoms with Gasteiger partial charge >= 0.3 is 11.9 Å². The molecule has 0 saturated carbocycles. The fraction of sp³-hybridized carbons (Fsp3) is 0.583. The summed E-state index contributed by atoms with van der Waals surface area (Å²) in [5, 5.41) is 2.24. The number of hydrogen-bond acceptors (Lipinski definition) is 7. The van der Waals surface area contributed by atoms with Crippen LogP contribution in [0.15, 0.2) is 0 Å². The summed E-state index contributed by atoms with van der Waals surface area (Å²) in [6, 6.07) is -2.40. The molecule has 7 N–H and O–H groups in total. The van der Waals surface area contributed by atoms with Crippen molar-refractivity contribution in [3.63, 3.8) is 0 Å². The fourth-order valence-electron chi connectivity index (χ4n) is 1.44. The SMILES string of the molecule is CC(=O)N[C@@H](CCC(N)=O)C(=O)OC(=O)[C@@H](N)CCC(N)=O. The van der Waals surface area contributed by atoms with Crippen LogP contribution in [0.25, 0.3) is 0 Å². The van der Waals surface area contributed by atoms with Gasteiger partial charge in [0, 0.05) is 19.8 Å². The molecule has 0 rings (SSSR count).